The minimum Gasteiger partial charge on any atom is -0.393 e. The van der Waals surface area contributed by atoms with Crippen molar-refractivity contribution in [3.05, 3.63) is 63.2 Å². The van der Waals surface area contributed by atoms with Crippen molar-refractivity contribution in [2.45, 2.75) is 58.1 Å². The number of nitrogens with one attached hydrogen (secondary N) is 2. The molecule has 190 valence electrons. The molecular weight excluding hydrogens is 481 g/mol. The summed E-state index contributed by atoms with van der Waals surface area (Å²) in [4.78, 5) is 39.9. The van der Waals surface area contributed by atoms with E-state index in [2.05, 4.69) is 10.6 Å². The second-order valence-corrected chi connectivity index (χ2v) is 10.5. The Morgan fingerprint density at radius 1 is 1.17 bits per heavy atom. The number of aryl methyl sites for hydroxylation is 1. The molecule has 3 N–H and O–H groups in total. The van der Waals surface area contributed by atoms with E-state index in [1.807, 2.05) is 23.8 Å². The van der Waals surface area contributed by atoms with Crippen molar-refractivity contribution in [1.29, 1.82) is 0 Å². The van der Waals surface area contributed by atoms with E-state index in [1.54, 1.807) is 25.5 Å². The Bertz CT molecular complexity index is 1320. The quantitative estimate of drug-likeness (QED) is 0.328. The van der Waals surface area contributed by atoms with Crippen LogP contribution in [0.2, 0.25) is 0 Å². The number of anilines is 1. The Morgan fingerprint density at radius 2 is 1.86 bits per heavy atom. The van der Waals surface area contributed by atoms with Gasteiger partial charge in [0.2, 0.25) is 0 Å². The number of aliphatic hydroxyl groups excluding tert-OH is 1. The maximum absolute atomic E-state index is 13.7. The van der Waals surface area contributed by atoms with Crippen molar-refractivity contribution in [1.82, 2.24) is 9.88 Å². The summed E-state index contributed by atoms with van der Waals surface area (Å²) < 4.78 is 15.3. The highest BCUT2D eigenvalue weighted by Gasteiger charge is 2.36. The molecule has 1 fully saturated rings. The first-order valence-corrected chi connectivity index (χ1v) is 12.8. The standard InChI is InChI=1S/C27H30FN3O4S/c1-15-13-18(5-6-20(15)28)29-25(34)21-16(2)22(31(4)23(21)17-9-12-36-14-17)24(33)26(35)30-27(3)10-7-19(32)8-11-27/h5-6,9,12-14,19,32H,7-8,10-11H2,1-4H3,(H,29,34)(H,30,35)/t19-,27+. The molecular formula is C27H30FN3O4S. The number of halogens is 1. The predicted octanol–water partition coefficient (Wildman–Crippen LogP) is 4.75. The van der Waals surface area contributed by atoms with Gasteiger partial charge in [-0.3, -0.25) is 14.4 Å². The van der Waals surface area contributed by atoms with E-state index >= 15 is 0 Å². The molecule has 1 aliphatic carbocycles. The Balaban J connectivity index is 1.69. The van der Waals surface area contributed by atoms with E-state index in [4.69, 9.17) is 0 Å². The number of ketones is 1. The molecule has 36 heavy (non-hydrogen) atoms. The second kappa shape index (κ2) is 9.99. The van der Waals surface area contributed by atoms with Crippen molar-refractivity contribution < 1.29 is 23.9 Å². The number of amides is 2. The van der Waals surface area contributed by atoms with Gasteiger partial charge in [0, 0.05) is 29.2 Å². The first kappa shape index (κ1) is 25.8. The highest BCUT2D eigenvalue weighted by molar-refractivity contribution is 7.08. The lowest BCUT2D eigenvalue weighted by Gasteiger charge is -2.36. The highest BCUT2D eigenvalue weighted by atomic mass is 32.1. The van der Waals surface area contributed by atoms with E-state index in [9.17, 15) is 23.9 Å². The van der Waals surface area contributed by atoms with Crippen LogP contribution < -0.4 is 10.6 Å². The Hall–Kier alpha value is -3.30. The van der Waals surface area contributed by atoms with Gasteiger partial charge in [-0.05, 0) is 87.2 Å². The third kappa shape index (κ3) is 4.99. The van der Waals surface area contributed by atoms with Gasteiger partial charge >= 0.3 is 0 Å². The second-order valence-electron chi connectivity index (χ2n) is 9.76. The van der Waals surface area contributed by atoms with Crippen LogP contribution in [0.5, 0.6) is 0 Å². The topological polar surface area (TPSA) is 100 Å². The Kier molecular flexibility index (Phi) is 7.15. The first-order valence-electron chi connectivity index (χ1n) is 11.8. The molecule has 0 saturated heterocycles. The minimum absolute atomic E-state index is 0.133. The predicted molar refractivity (Wildman–Crippen MR) is 138 cm³/mol. The SMILES string of the molecule is Cc1cc(NC(=O)c2c(C)c(C(=O)C(=O)N[C@]3(C)CC[C@H](O)CC3)n(C)c2-c2ccsc2)ccc1F. The van der Waals surface area contributed by atoms with Gasteiger partial charge in [-0.25, -0.2) is 4.39 Å². The summed E-state index contributed by atoms with van der Waals surface area (Å²) in [7, 11) is 1.66. The maximum atomic E-state index is 13.7. The molecule has 0 radical (unpaired) electrons. The number of aliphatic hydroxyl groups is 1. The van der Waals surface area contributed by atoms with Crippen LogP contribution >= 0.6 is 11.3 Å². The van der Waals surface area contributed by atoms with Crippen LogP contribution in [0.15, 0.2) is 35.0 Å². The zero-order valence-electron chi connectivity index (χ0n) is 20.8. The molecule has 0 atom stereocenters. The van der Waals surface area contributed by atoms with Crippen LogP contribution in [-0.2, 0) is 11.8 Å². The minimum atomic E-state index is -0.740. The lowest BCUT2D eigenvalue weighted by Crippen LogP contribution is -2.51. The molecule has 4 rings (SSSR count). The molecule has 1 aromatic carbocycles. The monoisotopic (exact) mass is 511 g/mol. The Morgan fingerprint density at radius 3 is 2.47 bits per heavy atom. The summed E-state index contributed by atoms with van der Waals surface area (Å²) >= 11 is 1.45. The van der Waals surface area contributed by atoms with Crippen molar-refractivity contribution in [3.63, 3.8) is 0 Å². The van der Waals surface area contributed by atoms with Gasteiger partial charge in [-0.1, -0.05) is 0 Å². The average molecular weight is 512 g/mol. The number of Topliss-reactive ketones (excluding diaryl/α,β-unsaturated/α-hetero) is 1. The molecule has 2 heterocycles. The molecule has 0 bridgehead atoms. The number of hydrogen-bond donors (Lipinski definition) is 3. The summed E-state index contributed by atoms with van der Waals surface area (Å²) in [6, 6.07) is 6.15. The molecule has 1 aliphatic rings. The largest absolute Gasteiger partial charge is 0.393 e. The summed E-state index contributed by atoms with van der Waals surface area (Å²) in [5, 5.41) is 19.2. The number of nitrogens with zero attached hydrogens (tertiary/aromatic N) is 1. The molecule has 0 unspecified atom stereocenters. The third-order valence-electron chi connectivity index (χ3n) is 6.97. The number of benzene rings is 1. The Labute approximate surface area is 213 Å². The van der Waals surface area contributed by atoms with E-state index in [1.165, 1.54) is 29.5 Å². The third-order valence-corrected chi connectivity index (χ3v) is 7.65. The lowest BCUT2D eigenvalue weighted by atomic mass is 9.82. The van der Waals surface area contributed by atoms with Crippen molar-refractivity contribution in [3.8, 4) is 11.3 Å². The number of rotatable bonds is 6. The van der Waals surface area contributed by atoms with Crippen LogP contribution in [0.1, 0.15) is 64.6 Å². The fourth-order valence-corrected chi connectivity index (χ4v) is 5.52. The van der Waals surface area contributed by atoms with Gasteiger partial charge in [0.1, 0.15) is 5.82 Å². The van der Waals surface area contributed by atoms with Crippen molar-refractivity contribution in [2.75, 3.05) is 5.32 Å². The molecule has 0 spiro atoms. The van der Waals surface area contributed by atoms with E-state index in [0.717, 1.165) is 5.56 Å². The molecule has 2 aromatic heterocycles. The number of thiophene rings is 1. The molecule has 1 saturated carbocycles. The van der Waals surface area contributed by atoms with Crippen LogP contribution in [0.4, 0.5) is 10.1 Å². The van der Waals surface area contributed by atoms with Crippen LogP contribution in [0.3, 0.4) is 0 Å². The van der Waals surface area contributed by atoms with Crippen molar-refractivity contribution in [2.24, 2.45) is 7.05 Å². The summed E-state index contributed by atoms with van der Waals surface area (Å²) in [5.41, 5.74) is 2.31. The van der Waals surface area contributed by atoms with Gasteiger partial charge in [0.25, 0.3) is 17.6 Å². The lowest BCUT2D eigenvalue weighted by molar-refractivity contribution is -0.119. The van der Waals surface area contributed by atoms with E-state index in [0.29, 0.717) is 48.2 Å². The average Bonchev–Trinajstić information content (AvgIpc) is 3.44. The fourth-order valence-electron chi connectivity index (χ4n) is 4.88. The first-order chi connectivity index (χ1) is 17.0. The maximum Gasteiger partial charge on any atom is 0.294 e. The smallest absolute Gasteiger partial charge is 0.294 e. The van der Waals surface area contributed by atoms with Gasteiger partial charge in [0.05, 0.1) is 23.1 Å². The number of carbonyl (C=O) groups excluding carboxylic acids is 3. The normalized spacial score (nSPS) is 19.7. The molecule has 0 aliphatic heterocycles. The molecule has 9 heteroatoms. The van der Waals surface area contributed by atoms with Crippen molar-refractivity contribution >= 4 is 34.6 Å². The summed E-state index contributed by atoms with van der Waals surface area (Å²) in [6.07, 6.45) is 1.88. The zero-order valence-corrected chi connectivity index (χ0v) is 21.6. The van der Waals surface area contributed by atoms with E-state index in [-0.39, 0.29) is 23.2 Å². The number of carbonyl (C=O) groups is 3. The van der Waals surface area contributed by atoms with Gasteiger partial charge in [-0.15, -0.1) is 0 Å². The summed E-state index contributed by atoms with van der Waals surface area (Å²) in [5.74, 6) is -2.29. The summed E-state index contributed by atoms with van der Waals surface area (Å²) in [6.45, 7) is 5.14. The van der Waals surface area contributed by atoms with Gasteiger partial charge in [-0.2, -0.15) is 11.3 Å². The van der Waals surface area contributed by atoms with Crippen LogP contribution in [-0.4, -0.2) is 38.9 Å². The molecule has 2 amide bonds. The fraction of sp³-hybridized carbons (Fsp3) is 0.370. The zero-order chi connectivity index (χ0) is 26.2. The molecule has 3 aromatic rings. The number of aromatic nitrogens is 1. The molecule has 7 nitrogen and oxygen atoms in total. The number of hydrogen-bond acceptors (Lipinski definition) is 5. The van der Waals surface area contributed by atoms with Gasteiger partial charge < -0.3 is 20.3 Å². The van der Waals surface area contributed by atoms with E-state index < -0.39 is 23.1 Å². The van der Waals surface area contributed by atoms with Gasteiger partial charge in [0.15, 0.2) is 0 Å². The highest BCUT2D eigenvalue weighted by Crippen LogP contribution is 2.34. The van der Waals surface area contributed by atoms with Crippen LogP contribution in [0.25, 0.3) is 11.3 Å². The van der Waals surface area contributed by atoms with Crippen LogP contribution in [0, 0.1) is 19.7 Å².